The first-order chi connectivity index (χ1) is 8.90. The number of carbonyl (C=O) groups excluding carboxylic acids is 1. The van der Waals surface area contributed by atoms with Gasteiger partial charge in [0, 0.05) is 19.2 Å². The van der Waals surface area contributed by atoms with Gasteiger partial charge in [-0.2, -0.15) is 5.10 Å². The Kier molecular flexibility index (Phi) is 3.56. The number of carbonyl (C=O) groups is 1. The number of rotatable bonds is 3. The maximum Gasteiger partial charge on any atom is 0.170 e. The molecule has 1 heterocycles. The zero-order chi connectivity index (χ0) is 14.2. The van der Waals surface area contributed by atoms with Gasteiger partial charge >= 0.3 is 0 Å². The molecule has 3 heteroatoms. The minimum absolute atomic E-state index is 0.139. The van der Waals surface area contributed by atoms with Gasteiger partial charge in [-0.25, -0.2) is 0 Å². The van der Waals surface area contributed by atoms with E-state index >= 15 is 0 Å². The van der Waals surface area contributed by atoms with Crippen molar-refractivity contribution in [1.29, 1.82) is 0 Å². The van der Waals surface area contributed by atoms with Gasteiger partial charge in [-0.05, 0) is 44.4 Å². The summed E-state index contributed by atoms with van der Waals surface area (Å²) in [6.45, 7) is 8.14. The van der Waals surface area contributed by atoms with Crippen molar-refractivity contribution < 1.29 is 4.79 Å². The van der Waals surface area contributed by atoms with E-state index in [1.165, 1.54) is 16.7 Å². The number of benzene rings is 1. The molecule has 19 heavy (non-hydrogen) atoms. The Morgan fingerprint density at radius 1 is 1.16 bits per heavy atom. The molecule has 0 aliphatic heterocycles. The van der Waals surface area contributed by atoms with E-state index in [1.807, 2.05) is 14.0 Å². The molecule has 100 valence electrons. The van der Waals surface area contributed by atoms with Crippen molar-refractivity contribution in [1.82, 2.24) is 9.78 Å². The molecule has 0 atom stereocenters. The van der Waals surface area contributed by atoms with Crippen LogP contribution in [0.1, 0.15) is 38.3 Å². The van der Waals surface area contributed by atoms with Crippen LogP contribution in [0.15, 0.2) is 18.3 Å². The van der Waals surface area contributed by atoms with Gasteiger partial charge in [-0.3, -0.25) is 9.48 Å². The summed E-state index contributed by atoms with van der Waals surface area (Å²) in [5.74, 6) is 0.139. The summed E-state index contributed by atoms with van der Waals surface area (Å²) in [5.41, 5.74) is 6.40. The largest absolute Gasteiger partial charge is 0.294 e. The third-order valence-electron chi connectivity index (χ3n) is 3.71. The van der Waals surface area contributed by atoms with E-state index < -0.39 is 0 Å². The Morgan fingerprint density at radius 3 is 2.21 bits per heavy atom. The Labute approximate surface area is 114 Å². The lowest BCUT2D eigenvalue weighted by Gasteiger charge is -2.10. The van der Waals surface area contributed by atoms with Gasteiger partial charge in [0.05, 0.1) is 11.8 Å². The Hall–Kier alpha value is -1.90. The second-order valence-electron chi connectivity index (χ2n) is 5.24. The van der Waals surface area contributed by atoms with Gasteiger partial charge in [-0.1, -0.05) is 17.7 Å². The summed E-state index contributed by atoms with van der Waals surface area (Å²) < 4.78 is 1.74. The standard InChI is InChI=1S/C16H20N2O/c1-10-6-11(2)14(12(3)7-10)8-16(19)15-9-17-18(5)13(15)4/h6-7,9H,8H2,1-5H3. The average Bonchev–Trinajstić information content (AvgIpc) is 2.64. The quantitative estimate of drug-likeness (QED) is 0.791. The van der Waals surface area contributed by atoms with E-state index in [-0.39, 0.29) is 5.78 Å². The van der Waals surface area contributed by atoms with Crippen LogP contribution in [-0.2, 0) is 13.5 Å². The summed E-state index contributed by atoms with van der Waals surface area (Å²) in [7, 11) is 1.86. The van der Waals surface area contributed by atoms with Crippen LogP contribution in [0.2, 0.25) is 0 Å². The zero-order valence-electron chi connectivity index (χ0n) is 12.2. The lowest BCUT2D eigenvalue weighted by Crippen LogP contribution is -2.08. The van der Waals surface area contributed by atoms with Crippen molar-refractivity contribution in [3.05, 3.63) is 51.8 Å². The highest BCUT2D eigenvalue weighted by molar-refractivity contribution is 5.98. The second-order valence-corrected chi connectivity index (χ2v) is 5.24. The van der Waals surface area contributed by atoms with E-state index in [9.17, 15) is 4.79 Å². The molecular formula is C16H20N2O. The normalized spacial score (nSPS) is 10.8. The van der Waals surface area contributed by atoms with Gasteiger partial charge < -0.3 is 0 Å². The average molecular weight is 256 g/mol. The Bertz CT molecular complexity index is 615. The van der Waals surface area contributed by atoms with Crippen molar-refractivity contribution in [2.75, 3.05) is 0 Å². The highest BCUT2D eigenvalue weighted by atomic mass is 16.1. The minimum atomic E-state index is 0.139. The number of Topliss-reactive ketones (excluding diaryl/α,β-unsaturated/α-hetero) is 1. The summed E-state index contributed by atoms with van der Waals surface area (Å²) in [4.78, 5) is 12.4. The van der Waals surface area contributed by atoms with Gasteiger partial charge in [0.15, 0.2) is 5.78 Å². The Balaban J connectivity index is 2.32. The Morgan fingerprint density at radius 2 is 1.74 bits per heavy atom. The molecule has 0 unspecified atom stereocenters. The van der Waals surface area contributed by atoms with E-state index in [0.29, 0.717) is 6.42 Å². The molecule has 3 nitrogen and oxygen atoms in total. The predicted molar refractivity (Wildman–Crippen MR) is 76.6 cm³/mol. The van der Waals surface area contributed by atoms with Crippen LogP contribution in [0.4, 0.5) is 0 Å². The molecule has 1 aromatic heterocycles. The number of aryl methyl sites for hydroxylation is 4. The van der Waals surface area contributed by atoms with Crippen LogP contribution in [0.5, 0.6) is 0 Å². The van der Waals surface area contributed by atoms with Crippen molar-refractivity contribution >= 4 is 5.78 Å². The minimum Gasteiger partial charge on any atom is -0.294 e. The maximum absolute atomic E-state index is 12.4. The molecule has 2 rings (SSSR count). The van der Waals surface area contributed by atoms with Crippen molar-refractivity contribution in [2.24, 2.45) is 7.05 Å². The summed E-state index contributed by atoms with van der Waals surface area (Å²) in [6.07, 6.45) is 2.11. The van der Waals surface area contributed by atoms with Crippen LogP contribution in [0.25, 0.3) is 0 Å². The SMILES string of the molecule is Cc1cc(C)c(CC(=O)c2cnn(C)c2C)c(C)c1. The molecule has 0 aliphatic rings. The lowest BCUT2D eigenvalue weighted by molar-refractivity contribution is 0.0992. The molecule has 0 bridgehead atoms. The molecule has 0 amide bonds. The van der Waals surface area contributed by atoms with E-state index in [0.717, 1.165) is 16.8 Å². The fourth-order valence-electron chi connectivity index (χ4n) is 2.52. The maximum atomic E-state index is 12.4. The molecule has 1 aromatic carbocycles. The number of hydrogen-bond donors (Lipinski definition) is 0. The zero-order valence-corrected chi connectivity index (χ0v) is 12.2. The molecule has 0 radical (unpaired) electrons. The van der Waals surface area contributed by atoms with Gasteiger partial charge in [0.1, 0.15) is 0 Å². The van der Waals surface area contributed by atoms with Gasteiger partial charge in [-0.15, -0.1) is 0 Å². The molecule has 2 aromatic rings. The topological polar surface area (TPSA) is 34.9 Å². The smallest absolute Gasteiger partial charge is 0.170 e. The molecule has 0 N–H and O–H groups in total. The van der Waals surface area contributed by atoms with E-state index in [2.05, 4.69) is 38.0 Å². The number of ketones is 1. The molecule has 0 saturated heterocycles. The first-order valence-electron chi connectivity index (χ1n) is 6.48. The highest BCUT2D eigenvalue weighted by Gasteiger charge is 2.15. The van der Waals surface area contributed by atoms with Crippen molar-refractivity contribution in [3.63, 3.8) is 0 Å². The lowest BCUT2D eigenvalue weighted by atomic mass is 9.94. The fourth-order valence-corrected chi connectivity index (χ4v) is 2.52. The first kappa shape index (κ1) is 13.5. The molecule has 0 fully saturated rings. The second kappa shape index (κ2) is 5.00. The van der Waals surface area contributed by atoms with Crippen LogP contribution in [-0.4, -0.2) is 15.6 Å². The predicted octanol–water partition coefficient (Wildman–Crippen LogP) is 3.08. The first-order valence-corrected chi connectivity index (χ1v) is 6.48. The molecule has 0 saturated carbocycles. The van der Waals surface area contributed by atoms with Crippen molar-refractivity contribution in [3.8, 4) is 0 Å². The third-order valence-corrected chi connectivity index (χ3v) is 3.71. The summed E-state index contributed by atoms with van der Waals surface area (Å²) >= 11 is 0. The van der Waals surface area contributed by atoms with E-state index in [1.54, 1.807) is 10.9 Å². The number of hydrogen-bond acceptors (Lipinski definition) is 2. The van der Waals surface area contributed by atoms with E-state index in [4.69, 9.17) is 0 Å². The fraction of sp³-hybridized carbons (Fsp3) is 0.375. The van der Waals surface area contributed by atoms with Gasteiger partial charge in [0.25, 0.3) is 0 Å². The molecule has 0 aliphatic carbocycles. The molecular weight excluding hydrogens is 236 g/mol. The summed E-state index contributed by atoms with van der Waals surface area (Å²) in [6, 6.07) is 4.26. The monoisotopic (exact) mass is 256 g/mol. The van der Waals surface area contributed by atoms with Crippen molar-refractivity contribution in [2.45, 2.75) is 34.1 Å². The summed E-state index contributed by atoms with van der Waals surface area (Å²) in [5, 5.41) is 4.13. The third kappa shape index (κ3) is 2.60. The highest BCUT2D eigenvalue weighted by Crippen LogP contribution is 2.19. The molecule has 0 spiro atoms. The van der Waals surface area contributed by atoms with Gasteiger partial charge in [0.2, 0.25) is 0 Å². The number of nitrogens with zero attached hydrogens (tertiary/aromatic N) is 2. The number of aromatic nitrogens is 2. The van der Waals surface area contributed by atoms with Crippen LogP contribution in [0.3, 0.4) is 0 Å². The van der Waals surface area contributed by atoms with Crippen LogP contribution < -0.4 is 0 Å². The van der Waals surface area contributed by atoms with Crippen LogP contribution in [0, 0.1) is 27.7 Å². The van der Waals surface area contributed by atoms with Crippen LogP contribution >= 0.6 is 0 Å².